The number of aryl methyl sites for hydroxylation is 1. The molecule has 1 fully saturated rings. The van der Waals surface area contributed by atoms with E-state index in [4.69, 9.17) is 5.73 Å². The normalized spacial score (nSPS) is 14.1. The molecule has 146 valence electrons. The summed E-state index contributed by atoms with van der Waals surface area (Å²) < 4.78 is 2.72. The molecule has 3 aromatic rings. The number of primary amides is 1. The summed E-state index contributed by atoms with van der Waals surface area (Å²) in [5, 5.41) is 3.73. The summed E-state index contributed by atoms with van der Waals surface area (Å²) in [5.41, 5.74) is 6.39. The second-order valence-corrected chi connectivity index (χ2v) is 7.43. The predicted molar refractivity (Wildman–Crippen MR) is 105 cm³/mol. The molecule has 1 saturated heterocycles. The molecule has 0 radical (unpaired) electrons. The van der Waals surface area contributed by atoms with E-state index in [9.17, 15) is 14.4 Å². The minimum Gasteiger partial charge on any atom is -0.364 e. The monoisotopic (exact) mass is 400 g/mol. The van der Waals surface area contributed by atoms with Crippen molar-refractivity contribution in [1.82, 2.24) is 24.0 Å². The zero-order chi connectivity index (χ0) is 19.8. The Hall–Kier alpha value is -3.01. The van der Waals surface area contributed by atoms with Gasteiger partial charge in [0, 0.05) is 30.6 Å². The second kappa shape index (κ2) is 7.19. The summed E-state index contributed by atoms with van der Waals surface area (Å²) >= 11 is 1.47. The number of amides is 2. The minimum atomic E-state index is -0.764. The fourth-order valence-electron chi connectivity index (χ4n) is 3.54. The number of imidazole rings is 1. The number of nitrogens with zero attached hydrogens (tertiary/aromatic N) is 5. The average Bonchev–Trinajstić information content (AvgIpc) is 3.43. The third kappa shape index (κ3) is 2.99. The number of rotatable bonds is 5. The smallest absolute Gasteiger partial charge is 0.330 e. The summed E-state index contributed by atoms with van der Waals surface area (Å²) in [5.74, 6) is -0.598. The third-order valence-corrected chi connectivity index (χ3v) is 5.62. The van der Waals surface area contributed by atoms with Crippen molar-refractivity contribution >= 4 is 34.3 Å². The van der Waals surface area contributed by atoms with Crippen LogP contribution in [0.4, 0.5) is 0 Å². The van der Waals surface area contributed by atoms with E-state index in [-0.39, 0.29) is 23.7 Å². The van der Waals surface area contributed by atoms with Gasteiger partial charge in [0.25, 0.3) is 5.91 Å². The first-order chi connectivity index (χ1) is 13.5. The van der Waals surface area contributed by atoms with Gasteiger partial charge in [-0.25, -0.2) is 14.8 Å². The number of thiophene rings is 1. The number of hydrogen-bond donors (Lipinski definition) is 1. The highest BCUT2D eigenvalue weighted by Crippen LogP contribution is 2.23. The van der Waals surface area contributed by atoms with Crippen LogP contribution in [0.3, 0.4) is 0 Å². The Morgan fingerprint density at radius 1 is 1.21 bits per heavy atom. The Labute approximate surface area is 164 Å². The molecule has 0 aromatic carbocycles. The first kappa shape index (κ1) is 18.4. The Morgan fingerprint density at radius 2 is 1.96 bits per heavy atom. The number of fused-ring (bicyclic) bond motifs is 1. The van der Waals surface area contributed by atoms with Gasteiger partial charge >= 0.3 is 5.69 Å². The summed E-state index contributed by atoms with van der Waals surface area (Å²) in [6, 6.07) is 1.83. The average molecular weight is 400 g/mol. The van der Waals surface area contributed by atoms with Gasteiger partial charge in [0.2, 0.25) is 5.91 Å². The van der Waals surface area contributed by atoms with Gasteiger partial charge in [-0.3, -0.25) is 18.7 Å². The summed E-state index contributed by atoms with van der Waals surface area (Å²) in [7, 11) is 0. The van der Waals surface area contributed by atoms with E-state index in [2.05, 4.69) is 9.97 Å². The molecule has 0 spiro atoms. The molecule has 2 amide bonds. The Bertz CT molecular complexity index is 1110. The SMILES string of the molecule is CCn1c(=O)n(CC(=O)N2CCCC2)c2c(C(N)=O)nc(-c3ccsc3)nc21. The summed E-state index contributed by atoms with van der Waals surface area (Å²) in [6.07, 6.45) is 1.91. The lowest BCUT2D eigenvalue weighted by Crippen LogP contribution is -2.35. The number of aromatic nitrogens is 4. The van der Waals surface area contributed by atoms with Gasteiger partial charge < -0.3 is 10.6 Å². The van der Waals surface area contributed by atoms with Crippen LogP contribution in [0.25, 0.3) is 22.6 Å². The Morgan fingerprint density at radius 3 is 2.57 bits per heavy atom. The van der Waals surface area contributed by atoms with E-state index >= 15 is 0 Å². The Balaban J connectivity index is 1.92. The molecule has 3 aromatic heterocycles. The Kier molecular flexibility index (Phi) is 4.71. The lowest BCUT2D eigenvalue weighted by molar-refractivity contribution is -0.130. The van der Waals surface area contributed by atoms with Gasteiger partial charge in [0.15, 0.2) is 17.2 Å². The van der Waals surface area contributed by atoms with Crippen molar-refractivity contribution in [2.75, 3.05) is 13.1 Å². The largest absolute Gasteiger partial charge is 0.364 e. The van der Waals surface area contributed by atoms with Crippen molar-refractivity contribution in [3.8, 4) is 11.4 Å². The summed E-state index contributed by atoms with van der Waals surface area (Å²) in [6.45, 7) is 3.36. The van der Waals surface area contributed by atoms with Crippen LogP contribution in [-0.4, -0.2) is 48.9 Å². The molecular formula is C18H20N6O3S. The minimum absolute atomic E-state index is 0.0512. The second-order valence-electron chi connectivity index (χ2n) is 6.65. The van der Waals surface area contributed by atoms with Crippen molar-refractivity contribution in [2.24, 2.45) is 5.73 Å². The van der Waals surface area contributed by atoms with Crippen molar-refractivity contribution in [3.63, 3.8) is 0 Å². The quantitative estimate of drug-likeness (QED) is 0.687. The number of carbonyl (C=O) groups excluding carboxylic acids is 2. The number of carbonyl (C=O) groups is 2. The van der Waals surface area contributed by atoms with Crippen molar-refractivity contribution in [2.45, 2.75) is 32.9 Å². The van der Waals surface area contributed by atoms with Gasteiger partial charge in [0.1, 0.15) is 12.1 Å². The van der Waals surface area contributed by atoms with Crippen LogP contribution in [0.15, 0.2) is 21.6 Å². The predicted octanol–water partition coefficient (Wildman–Crippen LogP) is 1.06. The van der Waals surface area contributed by atoms with Crippen LogP contribution in [0.5, 0.6) is 0 Å². The van der Waals surface area contributed by atoms with Gasteiger partial charge in [-0.2, -0.15) is 11.3 Å². The molecule has 2 N–H and O–H groups in total. The van der Waals surface area contributed by atoms with Gasteiger partial charge in [-0.15, -0.1) is 0 Å². The van der Waals surface area contributed by atoms with Gasteiger partial charge in [-0.05, 0) is 31.2 Å². The van der Waals surface area contributed by atoms with Gasteiger partial charge in [-0.1, -0.05) is 0 Å². The van der Waals surface area contributed by atoms with E-state index in [0.29, 0.717) is 31.1 Å². The van der Waals surface area contributed by atoms with Crippen LogP contribution in [-0.2, 0) is 17.9 Å². The molecule has 1 aliphatic rings. The molecule has 0 bridgehead atoms. The number of likely N-dealkylation sites (tertiary alicyclic amines) is 1. The molecule has 28 heavy (non-hydrogen) atoms. The maximum Gasteiger partial charge on any atom is 0.330 e. The molecule has 0 unspecified atom stereocenters. The van der Waals surface area contributed by atoms with Crippen LogP contribution in [0.2, 0.25) is 0 Å². The van der Waals surface area contributed by atoms with E-state index in [0.717, 1.165) is 18.4 Å². The lowest BCUT2D eigenvalue weighted by atomic mass is 10.2. The molecule has 10 heteroatoms. The lowest BCUT2D eigenvalue weighted by Gasteiger charge is -2.15. The van der Waals surface area contributed by atoms with Crippen LogP contribution in [0.1, 0.15) is 30.3 Å². The highest BCUT2D eigenvalue weighted by atomic mass is 32.1. The first-order valence-corrected chi connectivity index (χ1v) is 10.1. The fourth-order valence-corrected chi connectivity index (χ4v) is 4.17. The van der Waals surface area contributed by atoms with Crippen molar-refractivity contribution in [1.29, 1.82) is 0 Å². The standard InChI is InChI=1S/C18H20N6O3S/c1-2-23-17-14(24(18(23)27)9-12(25)22-6-3-4-7-22)13(15(19)26)20-16(21-17)11-5-8-28-10-11/h5,8,10H,2-4,6-7,9H2,1H3,(H2,19,26). The molecule has 0 saturated carbocycles. The molecule has 9 nitrogen and oxygen atoms in total. The summed E-state index contributed by atoms with van der Waals surface area (Å²) in [4.78, 5) is 48.3. The topological polar surface area (TPSA) is 116 Å². The van der Waals surface area contributed by atoms with Crippen LogP contribution < -0.4 is 11.4 Å². The molecule has 1 aliphatic heterocycles. The van der Waals surface area contributed by atoms with Crippen molar-refractivity contribution in [3.05, 3.63) is 33.0 Å². The number of hydrogen-bond acceptors (Lipinski definition) is 6. The number of nitrogens with two attached hydrogens (primary N) is 1. The van der Waals surface area contributed by atoms with Crippen LogP contribution >= 0.6 is 11.3 Å². The maximum absolute atomic E-state index is 13.0. The van der Waals surface area contributed by atoms with Crippen LogP contribution in [0, 0.1) is 0 Å². The van der Waals surface area contributed by atoms with Gasteiger partial charge in [0.05, 0.1) is 0 Å². The molecular weight excluding hydrogens is 380 g/mol. The molecule has 0 atom stereocenters. The van der Waals surface area contributed by atoms with Crippen molar-refractivity contribution < 1.29 is 9.59 Å². The zero-order valence-electron chi connectivity index (χ0n) is 15.4. The first-order valence-electron chi connectivity index (χ1n) is 9.12. The third-order valence-electron chi connectivity index (χ3n) is 4.93. The highest BCUT2D eigenvalue weighted by Gasteiger charge is 2.26. The van der Waals surface area contributed by atoms with E-state index in [1.54, 1.807) is 4.90 Å². The maximum atomic E-state index is 13.0. The molecule has 4 heterocycles. The molecule has 0 aliphatic carbocycles. The fraction of sp³-hybridized carbons (Fsp3) is 0.389. The highest BCUT2D eigenvalue weighted by molar-refractivity contribution is 7.08. The van der Waals surface area contributed by atoms with E-state index in [1.165, 1.54) is 20.5 Å². The van der Waals surface area contributed by atoms with E-state index in [1.807, 2.05) is 23.8 Å². The van der Waals surface area contributed by atoms with E-state index < -0.39 is 11.6 Å². The zero-order valence-corrected chi connectivity index (χ0v) is 16.2. The molecule has 4 rings (SSSR count).